The minimum atomic E-state index is -4.40. The lowest BCUT2D eigenvalue weighted by Crippen LogP contribution is -2.51. The Morgan fingerprint density at radius 1 is 1.17 bits per heavy atom. The molecule has 0 spiro atoms. The van der Waals surface area contributed by atoms with E-state index in [1.807, 2.05) is 13.8 Å². The third kappa shape index (κ3) is 4.66. The lowest BCUT2D eigenvalue weighted by molar-refractivity contribution is -0.125. The molecule has 1 heterocycles. The Hall–Kier alpha value is -3.12. The van der Waals surface area contributed by atoms with Crippen LogP contribution in [0.5, 0.6) is 0 Å². The summed E-state index contributed by atoms with van der Waals surface area (Å²) in [7, 11) is -8.06. The first-order chi connectivity index (χ1) is 16.6. The Morgan fingerprint density at radius 3 is 2.50 bits per heavy atom. The number of nitrogens with zero attached hydrogens (tertiary/aromatic N) is 1. The smallest absolute Gasteiger partial charge is 0.286 e. The molecule has 0 aromatic heterocycles. The highest BCUT2D eigenvalue weighted by molar-refractivity contribution is 7.92. The average molecular weight is 536 g/mol. The standard InChI is InChI=1S/C24H26FN3O6S2/c1-13(2)9-10-24(3)17-7-5-14(25)11-16(17)21(29)20(22(24)30)23-26-18-8-6-15(27-35(4,31)32)12-19(18)36(33,34)28-23/h5-8,11-13,20,27H,9-10H2,1-4H3,(H,26,28)/t20?,24-/m1/s1. The fraction of sp³-hybridized carbons (Fsp3) is 0.375. The number of carbonyl (C=O) groups is 2. The fourth-order valence-electron chi connectivity index (χ4n) is 4.59. The third-order valence-corrected chi connectivity index (χ3v) is 8.39. The van der Waals surface area contributed by atoms with Crippen molar-refractivity contribution in [3.05, 3.63) is 53.3 Å². The molecule has 2 N–H and O–H groups in total. The molecule has 1 unspecified atom stereocenters. The summed E-state index contributed by atoms with van der Waals surface area (Å²) in [6.07, 6.45) is 1.95. The van der Waals surface area contributed by atoms with Crippen LogP contribution >= 0.6 is 0 Å². The molecule has 1 aliphatic heterocycles. The van der Waals surface area contributed by atoms with Crippen molar-refractivity contribution in [2.24, 2.45) is 16.2 Å². The van der Waals surface area contributed by atoms with Crippen molar-refractivity contribution in [2.75, 3.05) is 16.3 Å². The maximum atomic E-state index is 14.1. The van der Waals surface area contributed by atoms with Crippen molar-refractivity contribution in [1.29, 1.82) is 0 Å². The summed E-state index contributed by atoms with van der Waals surface area (Å²) in [6, 6.07) is 7.47. The molecule has 0 saturated heterocycles. The van der Waals surface area contributed by atoms with Gasteiger partial charge in [0.05, 0.1) is 17.4 Å². The quantitative estimate of drug-likeness (QED) is 0.540. The molecule has 9 nitrogen and oxygen atoms in total. The van der Waals surface area contributed by atoms with E-state index < -0.39 is 48.8 Å². The Labute approximate surface area is 209 Å². The van der Waals surface area contributed by atoms with E-state index in [0.29, 0.717) is 18.4 Å². The molecular formula is C24H26FN3O6S2. The van der Waals surface area contributed by atoms with E-state index in [1.165, 1.54) is 24.3 Å². The monoisotopic (exact) mass is 535 g/mol. The Bertz CT molecular complexity index is 1530. The maximum Gasteiger partial charge on any atom is 0.286 e. The van der Waals surface area contributed by atoms with Gasteiger partial charge in [0, 0.05) is 11.3 Å². The lowest BCUT2D eigenvalue weighted by Gasteiger charge is -2.39. The molecular weight excluding hydrogens is 509 g/mol. The fourth-order valence-corrected chi connectivity index (χ4v) is 6.33. The molecule has 0 saturated carbocycles. The molecule has 2 aromatic carbocycles. The van der Waals surface area contributed by atoms with Crippen molar-refractivity contribution >= 4 is 48.8 Å². The van der Waals surface area contributed by atoms with Crippen molar-refractivity contribution in [2.45, 2.75) is 43.9 Å². The number of rotatable bonds is 6. The zero-order chi connectivity index (χ0) is 26.6. The van der Waals surface area contributed by atoms with Gasteiger partial charge in [-0.25, -0.2) is 12.8 Å². The minimum absolute atomic E-state index is 0.00996. The van der Waals surface area contributed by atoms with Gasteiger partial charge in [0.15, 0.2) is 11.6 Å². The van der Waals surface area contributed by atoms with Crippen LogP contribution in [0.4, 0.5) is 15.8 Å². The number of hydrogen-bond acceptors (Lipinski definition) is 7. The van der Waals surface area contributed by atoms with Gasteiger partial charge in [0.2, 0.25) is 10.0 Å². The number of amidine groups is 1. The average Bonchev–Trinajstić information content (AvgIpc) is 2.75. The second kappa shape index (κ2) is 8.77. The lowest BCUT2D eigenvalue weighted by atomic mass is 9.63. The highest BCUT2D eigenvalue weighted by atomic mass is 32.2. The van der Waals surface area contributed by atoms with Gasteiger partial charge in [0.25, 0.3) is 10.0 Å². The topological polar surface area (TPSA) is 139 Å². The molecule has 1 aliphatic carbocycles. The number of carbonyl (C=O) groups excluding carboxylic acids is 2. The van der Waals surface area contributed by atoms with E-state index in [9.17, 15) is 30.8 Å². The minimum Gasteiger partial charge on any atom is -0.341 e. The van der Waals surface area contributed by atoms with Crippen LogP contribution in [0.25, 0.3) is 0 Å². The van der Waals surface area contributed by atoms with Gasteiger partial charge in [-0.05, 0) is 61.6 Å². The number of benzene rings is 2. The van der Waals surface area contributed by atoms with Gasteiger partial charge in [-0.1, -0.05) is 19.9 Å². The molecule has 192 valence electrons. The van der Waals surface area contributed by atoms with Crippen LogP contribution in [0, 0.1) is 17.7 Å². The number of ketones is 2. The summed E-state index contributed by atoms with van der Waals surface area (Å²) >= 11 is 0. The van der Waals surface area contributed by atoms with Crippen molar-refractivity contribution in [3.8, 4) is 0 Å². The predicted octanol–water partition coefficient (Wildman–Crippen LogP) is 3.49. The van der Waals surface area contributed by atoms with Crippen LogP contribution in [-0.4, -0.2) is 40.5 Å². The Balaban J connectivity index is 1.81. The largest absolute Gasteiger partial charge is 0.341 e. The van der Waals surface area contributed by atoms with Crippen molar-refractivity contribution < 1.29 is 30.8 Å². The van der Waals surface area contributed by atoms with Gasteiger partial charge in [-0.3, -0.25) is 14.3 Å². The van der Waals surface area contributed by atoms with Crippen LogP contribution in [0.3, 0.4) is 0 Å². The summed E-state index contributed by atoms with van der Waals surface area (Å²) in [5, 5.41) is 2.78. The Morgan fingerprint density at radius 2 is 1.86 bits per heavy atom. The third-order valence-electron chi connectivity index (χ3n) is 6.45. The number of anilines is 2. The number of nitrogens with one attached hydrogen (secondary N) is 2. The van der Waals surface area contributed by atoms with Crippen LogP contribution in [-0.2, 0) is 30.3 Å². The molecule has 2 atom stereocenters. The zero-order valence-electron chi connectivity index (χ0n) is 20.1. The number of halogens is 1. The van der Waals surface area contributed by atoms with E-state index in [-0.39, 0.29) is 33.6 Å². The second-order valence-electron chi connectivity index (χ2n) is 9.78. The first-order valence-corrected chi connectivity index (χ1v) is 14.6. The molecule has 2 aromatic rings. The van der Waals surface area contributed by atoms with Gasteiger partial charge < -0.3 is 5.32 Å². The molecule has 4 rings (SSSR count). The van der Waals surface area contributed by atoms with E-state index in [0.717, 1.165) is 18.4 Å². The zero-order valence-corrected chi connectivity index (χ0v) is 21.8. The highest BCUT2D eigenvalue weighted by Crippen LogP contribution is 2.43. The number of hydrogen-bond donors (Lipinski definition) is 2. The number of sulfonamides is 2. The van der Waals surface area contributed by atoms with Gasteiger partial charge >= 0.3 is 0 Å². The first-order valence-electron chi connectivity index (χ1n) is 11.2. The van der Waals surface area contributed by atoms with Crippen LogP contribution in [0.15, 0.2) is 45.7 Å². The van der Waals surface area contributed by atoms with E-state index >= 15 is 0 Å². The van der Waals surface area contributed by atoms with Crippen LogP contribution in [0.1, 0.15) is 49.5 Å². The maximum absolute atomic E-state index is 14.1. The van der Waals surface area contributed by atoms with E-state index in [1.54, 1.807) is 6.92 Å². The molecule has 12 heteroatoms. The Kier molecular flexibility index (Phi) is 6.32. The van der Waals surface area contributed by atoms with Gasteiger partial charge in [-0.15, -0.1) is 4.40 Å². The van der Waals surface area contributed by atoms with E-state index in [4.69, 9.17) is 0 Å². The highest BCUT2D eigenvalue weighted by Gasteiger charge is 2.51. The van der Waals surface area contributed by atoms with Crippen molar-refractivity contribution in [3.63, 3.8) is 0 Å². The molecule has 0 radical (unpaired) electrons. The summed E-state index contributed by atoms with van der Waals surface area (Å²) in [5.74, 6) is -3.60. The molecule has 36 heavy (non-hydrogen) atoms. The van der Waals surface area contributed by atoms with E-state index in [2.05, 4.69) is 14.4 Å². The predicted molar refractivity (Wildman–Crippen MR) is 134 cm³/mol. The van der Waals surface area contributed by atoms with Crippen molar-refractivity contribution in [1.82, 2.24) is 0 Å². The molecule has 0 amide bonds. The molecule has 2 aliphatic rings. The van der Waals surface area contributed by atoms with Crippen LogP contribution < -0.4 is 10.0 Å². The first kappa shape index (κ1) is 26.0. The van der Waals surface area contributed by atoms with Gasteiger partial charge in [-0.2, -0.15) is 8.42 Å². The molecule has 0 fully saturated rings. The SMILES string of the molecule is CC(C)CC[C@@]1(C)C(=O)C(C2=NS(=O)(=O)c3cc(NS(C)(=O)=O)ccc3N2)C(=O)c2cc(F)ccc21. The van der Waals surface area contributed by atoms with Crippen LogP contribution in [0.2, 0.25) is 0 Å². The summed E-state index contributed by atoms with van der Waals surface area (Å²) in [5.41, 5.74) is -0.689. The summed E-state index contributed by atoms with van der Waals surface area (Å²) in [4.78, 5) is 27.0. The summed E-state index contributed by atoms with van der Waals surface area (Å²) < 4.78 is 69.2. The summed E-state index contributed by atoms with van der Waals surface area (Å²) in [6.45, 7) is 5.67. The number of fused-ring (bicyclic) bond motifs is 2. The van der Waals surface area contributed by atoms with Gasteiger partial charge in [0.1, 0.15) is 22.5 Å². The second-order valence-corrected chi connectivity index (χ2v) is 13.1. The molecule has 0 bridgehead atoms. The number of Topliss-reactive ketones (excluding diaryl/α,β-unsaturated/α-hetero) is 2. The normalized spacial score (nSPS) is 22.9.